The Bertz CT molecular complexity index is 1050. The molecule has 148 valence electrons. The lowest BCUT2D eigenvalue weighted by Crippen LogP contribution is -2.17. The van der Waals surface area contributed by atoms with Gasteiger partial charge in [0.2, 0.25) is 0 Å². The van der Waals surface area contributed by atoms with Crippen LogP contribution in [0.4, 0.5) is 4.39 Å². The molecule has 5 heteroatoms. The first-order valence-corrected chi connectivity index (χ1v) is 9.84. The van der Waals surface area contributed by atoms with Gasteiger partial charge in [-0.2, -0.15) is 0 Å². The molecular formula is C24H24FN3O. The number of hydrogen-bond donors (Lipinski definition) is 1. The van der Waals surface area contributed by atoms with Crippen LogP contribution in [-0.4, -0.2) is 16.1 Å². The number of fused-ring (bicyclic) bond motifs is 1. The van der Waals surface area contributed by atoms with E-state index in [1.165, 1.54) is 22.9 Å². The first kappa shape index (κ1) is 19.2. The van der Waals surface area contributed by atoms with Gasteiger partial charge in [-0.25, -0.2) is 9.37 Å². The zero-order chi connectivity index (χ0) is 19.9. The fraction of sp³-hybridized carbons (Fsp3) is 0.208. The molecule has 1 aromatic heterocycles. The molecule has 0 spiro atoms. The van der Waals surface area contributed by atoms with E-state index in [0.29, 0.717) is 6.61 Å². The van der Waals surface area contributed by atoms with Gasteiger partial charge in [0.05, 0.1) is 6.33 Å². The van der Waals surface area contributed by atoms with E-state index < -0.39 is 0 Å². The summed E-state index contributed by atoms with van der Waals surface area (Å²) in [6.07, 6.45) is 6.64. The molecule has 0 radical (unpaired) electrons. The fourth-order valence-electron chi connectivity index (χ4n) is 3.39. The Hall–Kier alpha value is -3.18. The SMILES string of the molecule is Fc1ccc(COc2ccc3ccccc3c2CNCCCn2ccnc2)cc1. The van der Waals surface area contributed by atoms with E-state index in [4.69, 9.17) is 4.74 Å². The third-order valence-electron chi connectivity index (χ3n) is 4.94. The van der Waals surface area contributed by atoms with Gasteiger partial charge in [-0.1, -0.05) is 42.5 Å². The zero-order valence-electron chi connectivity index (χ0n) is 16.2. The quantitative estimate of drug-likeness (QED) is 0.412. The first-order valence-electron chi connectivity index (χ1n) is 9.84. The topological polar surface area (TPSA) is 39.1 Å². The Kier molecular flexibility index (Phi) is 6.17. The highest BCUT2D eigenvalue weighted by Crippen LogP contribution is 2.28. The van der Waals surface area contributed by atoms with Crippen molar-refractivity contribution in [3.8, 4) is 5.75 Å². The molecule has 0 saturated heterocycles. The van der Waals surface area contributed by atoms with Crippen molar-refractivity contribution in [2.75, 3.05) is 6.54 Å². The van der Waals surface area contributed by atoms with Crippen LogP contribution >= 0.6 is 0 Å². The molecule has 0 bridgehead atoms. The van der Waals surface area contributed by atoms with Crippen molar-refractivity contribution in [1.82, 2.24) is 14.9 Å². The number of benzene rings is 3. The summed E-state index contributed by atoms with van der Waals surface area (Å²) in [6.45, 7) is 2.98. The molecule has 0 aliphatic rings. The van der Waals surface area contributed by atoms with Crippen LogP contribution < -0.4 is 10.1 Å². The van der Waals surface area contributed by atoms with Crippen LogP contribution in [0.15, 0.2) is 79.4 Å². The third kappa shape index (κ3) is 5.00. The van der Waals surface area contributed by atoms with Crippen LogP contribution in [0.2, 0.25) is 0 Å². The van der Waals surface area contributed by atoms with Gasteiger partial charge in [0.1, 0.15) is 18.2 Å². The first-order chi connectivity index (χ1) is 14.3. The lowest BCUT2D eigenvalue weighted by atomic mass is 10.0. The second kappa shape index (κ2) is 9.34. The molecule has 0 unspecified atom stereocenters. The fourth-order valence-corrected chi connectivity index (χ4v) is 3.39. The smallest absolute Gasteiger partial charge is 0.124 e. The molecule has 4 rings (SSSR count). The van der Waals surface area contributed by atoms with Gasteiger partial charge in [-0.3, -0.25) is 0 Å². The van der Waals surface area contributed by atoms with Gasteiger partial charge >= 0.3 is 0 Å². The average molecular weight is 389 g/mol. The summed E-state index contributed by atoms with van der Waals surface area (Å²) in [5, 5.41) is 5.92. The van der Waals surface area contributed by atoms with Crippen molar-refractivity contribution < 1.29 is 9.13 Å². The van der Waals surface area contributed by atoms with Crippen LogP contribution in [0, 0.1) is 5.82 Å². The van der Waals surface area contributed by atoms with Crippen LogP contribution in [-0.2, 0) is 19.7 Å². The molecule has 0 aliphatic carbocycles. The molecule has 0 amide bonds. The van der Waals surface area contributed by atoms with Crippen molar-refractivity contribution in [2.24, 2.45) is 0 Å². The predicted molar refractivity (Wildman–Crippen MR) is 113 cm³/mol. The molecule has 0 fully saturated rings. The van der Waals surface area contributed by atoms with E-state index in [1.54, 1.807) is 18.3 Å². The summed E-state index contributed by atoms with van der Waals surface area (Å²) in [5.74, 6) is 0.621. The molecule has 29 heavy (non-hydrogen) atoms. The minimum atomic E-state index is -0.236. The second-order valence-electron chi connectivity index (χ2n) is 7.01. The van der Waals surface area contributed by atoms with Crippen molar-refractivity contribution in [3.63, 3.8) is 0 Å². The lowest BCUT2D eigenvalue weighted by molar-refractivity contribution is 0.302. The van der Waals surface area contributed by atoms with Gasteiger partial charge in [-0.05, 0) is 47.5 Å². The number of rotatable bonds is 9. The minimum absolute atomic E-state index is 0.236. The number of ether oxygens (including phenoxy) is 1. The van der Waals surface area contributed by atoms with E-state index in [0.717, 1.165) is 42.9 Å². The molecule has 0 atom stereocenters. The largest absolute Gasteiger partial charge is 0.489 e. The van der Waals surface area contributed by atoms with Gasteiger partial charge < -0.3 is 14.6 Å². The number of hydrogen-bond acceptors (Lipinski definition) is 3. The third-order valence-corrected chi connectivity index (χ3v) is 4.94. The molecule has 4 aromatic rings. The summed E-state index contributed by atoms with van der Waals surface area (Å²) in [7, 11) is 0. The van der Waals surface area contributed by atoms with E-state index in [-0.39, 0.29) is 5.82 Å². The zero-order valence-corrected chi connectivity index (χ0v) is 16.2. The number of halogens is 1. The highest BCUT2D eigenvalue weighted by atomic mass is 19.1. The summed E-state index contributed by atoms with van der Waals surface area (Å²) in [5.41, 5.74) is 2.09. The number of aryl methyl sites for hydroxylation is 1. The summed E-state index contributed by atoms with van der Waals surface area (Å²) in [6, 6.07) is 18.9. The molecular weight excluding hydrogens is 365 g/mol. The highest BCUT2D eigenvalue weighted by Gasteiger charge is 2.09. The Labute approximate surface area is 170 Å². The lowest BCUT2D eigenvalue weighted by Gasteiger charge is -2.15. The average Bonchev–Trinajstić information content (AvgIpc) is 3.27. The predicted octanol–water partition coefficient (Wildman–Crippen LogP) is 4.93. The Balaban J connectivity index is 1.44. The van der Waals surface area contributed by atoms with Crippen LogP contribution in [0.3, 0.4) is 0 Å². The maximum Gasteiger partial charge on any atom is 0.124 e. The number of aromatic nitrogens is 2. The monoisotopic (exact) mass is 389 g/mol. The molecule has 1 N–H and O–H groups in total. The Morgan fingerprint density at radius 2 is 1.86 bits per heavy atom. The van der Waals surface area contributed by atoms with E-state index >= 15 is 0 Å². The van der Waals surface area contributed by atoms with Crippen molar-refractivity contribution in [2.45, 2.75) is 26.1 Å². The number of nitrogens with one attached hydrogen (secondary N) is 1. The minimum Gasteiger partial charge on any atom is -0.489 e. The summed E-state index contributed by atoms with van der Waals surface area (Å²) in [4.78, 5) is 4.07. The Morgan fingerprint density at radius 1 is 1.00 bits per heavy atom. The van der Waals surface area contributed by atoms with Crippen molar-refractivity contribution in [1.29, 1.82) is 0 Å². The number of imidazole rings is 1. The molecule has 4 nitrogen and oxygen atoms in total. The van der Waals surface area contributed by atoms with Gasteiger partial charge in [0.15, 0.2) is 0 Å². The maximum atomic E-state index is 13.1. The van der Waals surface area contributed by atoms with E-state index in [9.17, 15) is 4.39 Å². The van der Waals surface area contributed by atoms with E-state index in [1.807, 2.05) is 24.7 Å². The standard InChI is InChI=1S/C24H24FN3O/c25-21-9-6-19(7-10-21)17-29-24-11-8-20-4-1-2-5-22(20)23(24)16-26-12-3-14-28-15-13-27-18-28/h1-2,4-11,13,15,18,26H,3,12,14,16-17H2. The summed E-state index contributed by atoms with van der Waals surface area (Å²) >= 11 is 0. The Morgan fingerprint density at radius 3 is 2.69 bits per heavy atom. The van der Waals surface area contributed by atoms with Crippen molar-refractivity contribution >= 4 is 10.8 Å². The van der Waals surface area contributed by atoms with E-state index in [2.05, 4.69) is 39.1 Å². The molecule has 0 saturated carbocycles. The molecule has 3 aromatic carbocycles. The van der Waals surface area contributed by atoms with Crippen LogP contribution in [0.5, 0.6) is 5.75 Å². The highest BCUT2D eigenvalue weighted by molar-refractivity contribution is 5.87. The normalized spacial score (nSPS) is 11.1. The van der Waals surface area contributed by atoms with Gasteiger partial charge in [0.25, 0.3) is 0 Å². The molecule has 1 heterocycles. The number of nitrogens with zero attached hydrogens (tertiary/aromatic N) is 2. The molecule has 0 aliphatic heterocycles. The van der Waals surface area contributed by atoms with Crippen molar-refractivity contribution in [3.05, 3.63) is 96.3 Å². The maximum absolute atomic E-state index is 13.1. The van der Waals surface area contributed by atoms with Gasteiger partial charge in [-0.15, -0.1) is 0 Å². The second-order valence-corrected chi connectivity index (χ2v) is 7.01. The summed E-state index contributed by atoms with van der Waals surface area (Å²) < 4.78 is 21.3. The van der Waals surface area contributed by atoms with Gasteiger partial charge in [0, 0.05) is 31.0 Å². The van der Waals surface area contributed by atoms with Crippen LogP contribution in [0.1, 0.15) is 17.5 Å². The van der Waals surface area contributed by atoms with Crippen LogP contribution in [0.25, 0.3) is 10.8 Å².